The van der Waals surface area contributed by atoms with E-state index in [4.69, 9.17) is 11.6 Å². The Morgan fingerprint density at radius 2 is 1.50 bits per heavy atom. The lowest BCUT2D eigenvalue weighted by atomic mass is 10.0. The van der Waals surface area contributed by atoms with Crippen LogP contribution in [0.15, 0.2) is 48.5 Å². The fourth-order valence-corrected chi connectivity index (χ4v) is 3.41. The number of hydrogen-bond donors (Lipinski definition) is 2. The van der Waals surface area contributed by atoms with Crippen molar-refractivity contribution < 1.29 is 18.8 Å². The summed E-state index contributed by atoms with van der Waals surface area (Å²) in [6, 6.07) is 11.9. The largest absolute Gasteiger partial charge is 0.352 e. The Labute approximate surface area is 179 Å². The quantitative estimate of drug-likeness (QED) is 0.738. The first-order valence-electron chi connectivity index (χ1n) is 9.80. The summed E-state index contributed by atoms with van der Waals surface area (Å²) in [5.41, 5.74) is 0.899. The maximum absolute atomic E-state index is 13.0. The molecule has 3 rings (SSSR count). The molecule has 1 heterocycles. The number of nitrogens with zero attached hydrogens (tertiary/aromatic N) is 1. The number of halogens is 2. The Morgan fingerprint density at radius 1 is 0.933 bits per heavy atom. The van der Waals surface area contributed by atoms with Crippen LogP contribution in [0.4, 0.5) is 4.39 Å². The van der Waals surface area contributed by atoms with Crippen molar-refractivity contribution in [2.45, 2.75) is 25.3 Å². The van der Waals surface area contributed by atoms with E-state index in [2.05, 4.69) is 10.6 Å². The molecule has 158 valence electrons. The second kappa shape index (κ2) is 10.2. The summed E-state index contributed by atoms with van der Waals surface area (Å²) in [7, 11) is 0. The Hall–Kier alpha value is -2.93. The Morgan fingerprint density at radius 3 is 2.13 bits per heavy atom. The van der Waals surface area contributed by atoms with Gasteiger partial charge >= 0.3 is 0 Å². The normalized spacial score (nSPS) is 14.3. The highest BCUT2D eigenvalue weighted by Gasteiger charge is 2.24. The van der Waals surface area contributed by atoms with Crippen molar-refractivity contribution in [1.29, 1.82) is 0 Å². The molecule has 0 aromatic heterocycles. The molecule has 0 bridgehead atoms. The van der Waals surface area contributed by atoms with Gasteiger partial charge in [0, 0.05) is 48.2 Å². The lowest BCUT2D eigenvalue weighted by Crippen LogP contribution is -2.47. The molecule has 0 atom stereocenters. The number of nitrogens with one attached hydrogen (secondary N) is 2. The van der Waals surface area contributed by atoms with Crippen molar-refractivity contribution in [3.8, 4) is 0 Å². The van der Waals surface area contributed by atoms with E-state index in [1.807, 2.05) is 0 Å². The average Bonchev–Trinajstić information content (AvgIpc) is 2.75. The molecule has 0 spiro atoms. The third-order valence-corrected chi connectivity index (χ3v) is 5.27. The van der Waals surface area contributed by atoms with E-state index in [9.17, 15) is 18.8 Å². The van der Waals surface area contributed by atoms with Crippen molar-refractivity contribution in [2.24, 2.45) is 0 Å². The van der Waals surface area contributed by atoms with Crippen molar-refractivity contribution in [3.05, 3.63) is 70.5 Å². The van der Waals surface area contributed by atoms with Gasteiger partial charge < -0.3 is 15.5 Å². The standard InChI is InChI=1S/C22H23ClFN3O3/c23-17-5-1-15(2-6-17)21(29)25-12-9-20(28)27-13-10-19(11-14-27)26-22(30)16-3-7-18(24)8-4-16/h1-8,19H,9-14H2,(H,25,29)(H,26,30). The van der Waals surface area contributed by atoms with E-state index in [1.54, 1.807) is 29.2 Å². The highest BCUT2D eigenvalue weighted by Crippen LogP contribution is 2.13. The van der Waals surface area contributed by atoms with Gasteiger partial charge in [0.05, 0.1) is 0 Å². The number of piperidine rings is 1. The molecule has 6 nitrogen and oxygen atoms in total. The number of amides is 3. The van der Waals surface area contributed by atoms with Crippen LogP contribution >= 0.6 is 11.6 Å². The van der Waals surface area contributed by atoms with Gasteiger partial charge in [0.2, 0.25) is 5.91 Å². The first kappa shape index (κ1) is 21.8. The zero-order valence-corrected chi connectivity index (χ0v) is 17.1. The summed E-state index contributed by atoms with van der Waals surface area (Å²) in [5, 5.41) is 6.22. The molecule has 1 aliphatic heterocycles. The second-order valence-electron chi connectivity index (χ2n) is 7.15. The zero-order valence-electron chi connectivity index (χ0n) is 16.4. The van der Waals surface area contributed by atoms with Gasteiger partial charge in [-0.05, 0) is 61.4 Å². The van der Waals surface area contributed by atoms with Crippen LogP contribution in [-0.2, 0) is 4.79 Å². The fourth-order valence-electron chi connectivity index (χ4n) is 3.29. The Bertz CT molecular complexity index is 895. The van der Waals surface area contributed by atoms with Crippen LogP contribution in [-0.4, -0.2) is 48.3 Å². The molecule has 2 N–H and O–H groups in total. The van der Waals surface area contributed by atoms with Gasteiger partial charge in [-0.2, -0.15) is 0 Å². The van der Waals surface area contributed by atoms with Gasteiger partial charge in [0.15, 0.2) is 0 Å². The molecule has 30 heavy (non-hydrogen) atoms. The number of rotatable bonds is 6. The molecule has 1 fully saturated rings. The minimum atomic E-state index is -0.386. The zero-order chi connectivity index (χ0) is 21.5. The molecule has 8 heteroatoms. The topological polar surface area (TPSA) is 78.5 Å². The molecular weight excluding hydrogens is 409 g/mol. The van der Waals surface area contributed by atoms with Crippen LogP contribution in [0.2, 0.25) is 5.02 Å². The first-order chi connectivity index (χ1) is 14.4. The van der Waals surface area contributed by atoms with Crippen LogP contribution in [0.3, 0.4) is 0 Å². The second-order valence-corrected chi connectivity index (χ2v) is 7.58. The molecule has 2 aromatic rings. The van der Waals surface area contributed by atoms with Crippen LogP contribution in [0.5, 0.6) is 0 Å². The van der Waals surface area contributed by atoms with Crippen molar-refractivity contribution in [1.82, 2.24) is 15.5 Å². The van der Waals surface area contributed by atoms with E-state index in [1.165, 1.54) is 24.3 Å². The lowest BCUT2D eigenvalue weighted by molar-refractivity contribution is -0.132. The molecular formula is C22H23ClFN3O3. The van der Waals surface area contributed by atoms with Crippen LogP contribution < -0.4 is 10.6 Å². The predicted molar refractivity (Wildman–Crippen MR) is 112 cm³/mol. The highest BCUT2D eigenvalue weighted by molar-refractivity contribution is 6.30. The number of likely N-dealkylation sites (tertiary alicyclic amines) is 1. The van der Waals surface area contributed by atoms with Gasteiger partial charge in [-0.1, -0.05) is 11.6 Å². The smallest absolute Gasteiger partial charge is 0.251 e. The number of carbonyl (C=O) groups is 3. The maximum atomic E-state index is 13.0. The van der Waals surface area contributed by atoms with E-state index >= 15 is 0 Å². The number of benzene rings is 2. The third-order valence-electron chi connectivity index (χ3n) is 5.02. The SMILES string of the molecule is O=C(NCCC(=O)N1CCC(NC(=O)c2ccc(F)cc2)CC1)c1ccc(Cl)cc1. The summed E-state index contributed by atoms with van der Waals surface area (Å²) in [4.78, 5) is 38.4. The summed E-state index contributed by atoms with van der Waals surface area (Å²) >= 11 is 5.80. The summed E-state index contributed by atoms with van der Waals surface area (Å²) < 4.78 is 13.0. The monoisotopic (exact) mass is 431 g/mol. The van der Waals surface area contributed by atoms with Gasteiger partial charge in [0.1, 0.15) is 5.82 Å². The van der Waals surface area contributed by atoms with Crippen LogP contribution in [0, 0.1) is 5.82 Å². The number of hydrogen-bond acceptors (Lipinski definition) is 3. The van der Waals surface area contributed by atoms with E-state index in [0.29, 0.717) is 42.1 Å². The maximum Gasteiger partial charge on any atom is 0.251 e. The van der Waals surface area contributed by atoms with Crippen LogP contribution in [0.1, 0.15) is 40.0 Å². The van der Waals surface area contributed by atoms with Gasteiger partial charge in [-0.3, -0.25) is 14.4 Å². The van der Waals surface area contributed by atoms with Gasteiger partial charge in [-0.15, -0.1) is 0 Å². The molecule has 0 saturated carbocycles. The lowest BCUT2D eigenvalue weighted by Gasteiger charge is -2.32. The highest BCUT2D eigenvalue weighted by atomic mass is 35.5. The molecule has 1 saturated heterocycles. The third kappa shape index (κ3) is 6.03. The van der Waals surface area contributed by atoms with E-state index in [-0.39, 0.29) is 42.5 Å². The van der Waals surface area contributed by atoms with Gasteiger partial charge in [-0.25, -0.2) is 4.39 Å². The van der Waals surface area contributed by atoms with Gasteiger partial charge in [0.25, 0.3) is 11.8 Å². The molecule has 3 amide bonds. The van der Waals surface area contributed by atoms with Crippen LogP contribution in [0.25, 0.3) is 0 Å². The molecule has 2 aromatic carbocycles. The summed E-state index contributed by atoms with van der Waals surface area (Å²) in [6.45, 7) is 1.33. The first-order valence-corrected chi connectivity index (χ1v) is 10.2. The minimum absolute atomic E-state index is 0.0313. The number of carbonyl (C=O) groups excluding carboxylic acids is 3. The van der Waals surface area contributed by atoms with Crippen molar-refractivity contribution >= 4 is 29.3 Å². The van der Waals surface area contributed by atoms with Crippen molar-refractivity contribution in [2.75, 3.05) is 19.6 Å². The summed E-state index contributed by atoms with van der Waals surface area (Å²) in [6.07, 6.45) is 1.51. The predicted octanol–water partition coefficient (Wildman–Crippen LogP) is 3.02. The van der Waals surface area contributed by atoms with E-state index < -0.39 is 0 Å². The van der Waals surface area contributed by atoms with Crippen molar-refractivity contribution in [3.63, 3.8) is 0 Å². The Balaban J connectivity index is 1.37. The van der Waals surface area contributed by atoms with E-state index in [0.717, 1.165) is 0 Å². The average molecular weight is 432 g/mol. The molecule has 1 aliphatic rings. The molecule has 0 aliphatic carbocycles. The minimum Gasteiger partial charge on any atom is -0.352 e. The Kier molecular flexibility index (Phi) is 7.41. The molecule has 0 unspecified atom stereocenters. The molecule has 0 radical (unpaired) electrons. The summed E-state index contributed by atoms with van der Waals surface area (Å²) in [5.74, 6) is -0.913. The fraction of sp³-hybridized carbons (Fsp3) is 0.318.